The molecule has 0 N–H and O–H groups in total. The van der Waals surface area contributed by atoms with Crippen molar-refractivity contribution >= 4 is 8.32 Å². The maximum atomic E-state index is 6.57. The van der Waals surface area contributed by atoms with Crippen LogP contribution in [0.2, 0.25) is 18.1 Å². The molecule has 1 fully saturated rings. The van der Waals surface area contributed by atoms with Crippen molar-refractivity contribution < 1.29 is 13.9 Å². The standard InChI is InChI=1S/C17H28O3Si/c1-17(2,3)21(5,6)20-16-12-19-11-15(16)13-7-9-14(18-4)10-8-13/h7-10,15-16H,11-12H2,1-6H3/t15-,16+/m0/s1. The summed E-state index contributed by atoms with van der Waals surface area (Å²) >= 11 is 0. The molecule has 0 unspecified atom stereocenters. The molecule has 21 heavy (non-hydrogen) atoms. The fourth-order valence-electron chi connectivity index (χ4n) is 2.37. The summed E-state index contributed by atoms with van der Waals surface area (Å²) in [4.78, 5) is 0. The Hall–Kier alpha value is -0.843. The molecular weight excluding hydrogens is 280 g/mol. The Balaban J connectivity index is 2.13. The largest absolute Gasteiger partial charge is 0.497 e. The van der Waals surface area contributed by atoms with Gasteiger partial charge in [0, 0.05) is 5.92 Å². The fraction of sp³-hybridized carbons (Fsp3) is 0.647. The van der Waals surface area contributed by atoms with Gasteiger partial charge in [0.1, 0.15) is 5.75 Å². The number of methoxy groups -OCH3 is 1. The Labute approximate surface area is 129 Å². The molecule has 3 nitrogen and oxygen atoms in total. The molecule has 0 aromatic heterocycles. The third kappa shape index (κ3) is 3.68. The Kier molecular flexibility index (Phi) is 4.81. The second-order valence-electron chi connectivity index (χ2n) is 7.33. The first kappa shape index (κ1) is 16.5. The molecule has 4 heteroatoms. The quantitative estimate of drug-likeness (QED) is 0.780. The Morgan fingerprint density at radius 1 is 1.10 bits per heavy atom. The van der Waals surface area contributed by atoms with E-state index in [1.54, 1.807) is 7.11 Å². The predicted molar refractivity (Wildman–Crippen MR) is 88.6 cm³/mol. The van der Waals surface area contributed by atoms with E-state index < -0.39 is 8.32 Å². The predicted octanol–water partition coefficient (Wildman–Crippen LogP) is 4.20. The maximum Gasteiger partial charge on any atom is 0.192 e. The molecule has 1 heterocycles. The van der Waals surface area contributed by atoms with Gasteiger partial charge in [-0.3, -0.25) is 0 Å². The molecule has 0 amide bonds. The van der Waals surface area contributed by atoms with E-state index in [2.05, 4.69) is 46.0 Å². The summed E-state index contributed by atoms with van der Waals surface area (Å²) in [5.74, 6) is 1.21. The molecule has 1 saturated heterocycles. The first-order valence-corrected chi connectivity index (χ1v) is 10.5. The third-order valence-corrected chi connectivity index (χ3v) is 9.33. The van der Waals surface area contributed by atoms with Crippen LogP contribution in [-0.2, 0) is 9.16 Å². The molecule has 1 aliphatic heterocycles. The minimum absolute atomic E-state index is 0.166. The number of benzene rings is 1. The zero-order valence-corrected chi connectivity index (χ0v) is 15.1. The van der Waals surface area contributed by atoms with E-state index in [0.29, 0.717) is 12.5 Å². The average Bonchev–Trinajstić information content (AvgIpc) is 2.85. The molecule has 2 rings (SSSR count). The third-order valence-electron chi connectivity index (χ3n) is 4.82. The summed E-state index contributed by atoms with van der Waals surface area (Å²) in [6, 6.07) is 8.27. The maximum absolute atomic E-state index is 6.57. The first-order valence-electron chi connectivity index (χ1n) is 7.64. The molecule has 2 atom stereocenters. The van der Waals surface area contributed by atoms with E-state index in [9.17, 15) is 0 Å². The molecule has 0 radical (unpaired) electrons. The van der Waals surface area contributed by atoms with Crippen molar-refractivity contribution in [2.45, 2.75) is 50.9 Å². The fourth-order valence-corrected chi connectivity index (χ4v) is 3.71. The van der Waals surface area contributed by atoms with Crippen LogP contribution in [0.3, 0.4) is 0 Å². The highest BCUT2D eigenvalue weighted by Crippen LogP contribution is 2.40. The Morgan fingerprint density at radius 2 is 1.71 bits per heavy atom. The lowest BCUT2D eigenvalue weighted by molar-refractivity contribution is 0.130. The van der Waals surface area contributed by atoms with E-state index in [4.69, 9.17) is 13.9 Å². The summed E-state index contributed by atoms with van der Waals surface area (Å²) in [6.07, 6.45) is 0.166. The van der Waals surface area contributed by atoms with Gasteiger partial charge in [-0.25, -0.2) is 0 Å². The molecule has 1 aromatic rings. The molecule has 118 valence electrons. The lowest BCUT2D eigenvalue weighted by atomic mass is 9.96. The number of ether oxygens (including phenoxy) is 2. The van der Waals surface area contributed by atoms with Gasteiger partial charge in [-0.2, -0.15) is 0 Å². The molecule has 1 aliphatic rings. The van der Waals surface area contributed by atoms with Crippen molar-refractivity contribution in [3.63, 3.8) is 0 Å². The zero-order chi connectivity index (χ0) is 15.7. The van der Waals surface area contributed by atoms with E-state index in [1.165, 1.54) is 5.56 Å². The van der Waals surface area contributed by atoms with Crippen molar-refractivity contribution in [2.24, 2.45) is 0 Å². The van der Waals surface area contributed by atoms with Crippen LogP contribution in [-0.4, -0.2) is 34.7 Å². The van der Waals surface area contributed by atoms with Crippen LogP contribution in [0.1, 0.15) is 32.3 Å². The van der Waals surface area contributed by atoms with Crippen LogP contribution in [0.4, 0.5) is 0 Å². The monoisotopic (exact) mass is 308 g/mol. The van der Waals surface area contributed by atoms with E-state index >= 15 is 0 Å². The van der Waals surface area contributed by atoms with Crippen LogP contribution >= 0.6 is 0 Å². The topological polar surface area (TPSA) is 27.7 Å². The highest BCUT2D eigenvalue weighted by atomic mass is 28.4. The van der Waals surface area contributed by atoms with Crippen molar-refractivity contribution in [1.82, 2.24) is 0 Å². The van der Waals surface area contributed by atoms with Gasteiger partial charge in [0.25, 0.3) is 0 Å². The van der Waals surface area contributed by atoms with Crippen LogP contribution in [0.15, 0.2) is 24.3 Å². The van der Waals surface area contributed by atoms with Gasteiger partial charge in [0.15, 0.2) is 8.32 Å². The summed E-state index contributed by atoms with van der Waals surface area (Å²) < 4.78 is 17.5. The van der Waals surface area contributed by atoms with Gasteiger partial charge in [-0.15, -0.1) is 0 Å². The minimum atomic E-state index is -1.77. The van der Waals surface area contributed by atoms with Crippen LogP contribution in [0.5, 0.6) is 5.75 Å². The van der Waals surface area contributed by atoms with Crippen LogP contribution in [0, 0.1) is 0 Å². The highest BCUT2D eigenvalue weighted by Gasteiger charge is 2.42. The Bertz CT molecular complexity index is 462. The number of hydrogen-bond acceptors (Lipinski definition) is 3. The molecule has 0 spiro atoms. The summed E-state index contributed by atoms with van der Waals surface area (Å²) in [5.41, 5.74) is 1.28. The van der Waals surface area contributed by atoms with Crippen LogP contribution in [0.25, 0.3) is 0 Å². The minimum Gasteiger partial charge on any atom is -0.497 e. The van der Waals surface area contributed by atoms with Gasteiger partial charge in [-0.05, 0) is 35.8 Å². The lowest BCUT2D eigenvalue weighted by Crippen LogP contribution is -2.45. The highest BCUT2D eigenvalue weighted by molar-refractivity contribution is 6.74. The molecule has 0 saturated carbocycles. The number of hydrogen-bond donors (Lipinski definition) is 0. The zero-order valence-electron chi connectivity index (χ0n) is 14.1. The smallest absolute Gasteiger partial charge is 0.192 e. The molecule has 1 aromatic carbocycles. The van der Waals surface area contributed by atoms with Gasteiger partial charge < -0.3 is 13.9 Å². The molecular formula is C17H28O3Si. The lowest BCUT2D eigenvalue weighted by Gasteiger charge is -2.39. The molecule has 0 bridgehead atoms. The van der Waals surface area contributed by atoms with Crippen molar-refractivity contribution in [1.29, 1.82) is 0 Å². The normalized spacial score (nSPS) is 23.3. The van der Waals surface area contributed by atoms with E-state index in [1.807, 2.05) is 12.1 Å². The van der Waals surface area contributed by atoms with Crippen LogP contribution < -0.4 is 4.74 Å². The summed E-state index contributed by atoms with van der Waals surface area (Å²) in [5, 5.41) is 0.222. The van der Waals surface area contributed by atoms with Crippen molar-refractivity contribution in [3.05, 3.63) is 29.8 Å². The summed E-state index contributed by atoms with van der Waals surface area (Å²) in [6.45, 7) is 12.9. The second-order valence-corrected chi connectivity index (χ2v) is 12.1. The van der Waals surface area contributed by atoms with Gasteiger partial charge >= 0.3 is 0 Å². The van der Waals surface area contributed by atoms with Gasteiger partial charge in [0.2, 0.25) is 0 Å². The van der Waals surface area contributed by atoms with E-state index in [0.717, 1.165) is 12.4 Å². The SMILES string of the molecule is COc1ccc([C@@H]2COC[C@H]2O[Si](C)(C)C(C)(C)C)cc1. The van der Waals surface area contributed by atoms with Crippen molar-refractivity contribution in [2.75, 3.05) is 20.3 Å². The van der Waals surface area contributed by atoms with Crippen molar-refractivity contribution in [3.8, 4) is 5.75 Å². The van der Waals surface area contributed by atoms with Gasteiger partial charge in [0.05, 0.1) is 26.4 Å². The first-order chi connectivity index (χ1) is 9.74. The second kappa shape index (κ2) is 6.11. The molecule has 0 aliphatic carbocycles. The van der Waals surface area contributed by atoms with Gasteiger partial charge in [-0.1, -0.05) is 32.9 Å². The number of rotatable bonds is 4. The summed E-state index contributed by atoms with van der Waals surface area (Å²) in [7, 11) is -0.0756. The van der Waals surface area contributed by atoms with E-state index in [-0.39, 0.29) is 11.1 Å². The Morgan fingerprint density at radius 3 is 2.24 bits per heavy atom. The average molecular weight is 308 g/mol.